The molecular weight excluding hydrogens is 433 g/mol. The van der Waals surface area contributed by atoms with E-state index >= 15 is 0 Å². The van der Waals surface area contributed by atoms with E-state index in [0.717, 1.165) is 22.4 Å². The van der Waals surface area contributed by atoms with Gasteiger partial charge in [0.1, 0.15) is 5.75 Å². The summed E-state index contributed by atoms with van der Waals surface area (Å²) in [6.07, 6.45) is 0. The summed E-state index contributed by atoms with van der Waals surface area (Å²) in [4.78, 5) is 29.0. The molecule has 4 aromatic rings. The lowest BCUT2D eigenvalue weighted by Crippen LogP contribution is -2.11. The molecule has 0 fully saturated rings. The summed E-state index contributed by atoms with van der Waals surface area (Å²) in [6, 6.07) is 21.3. The van der Waals surface area contributed by atoms with Crippen molar-refractivity contribution in [1.82, 2.24) is 4.98 Å². The first-order chi connectivity index (χ1) is 15.1. The van der Waals surface area contributed by atoms with Gasteiger partial charge in [0.25, 0.3) is 0 Å². The lowest BCUT2D eigenvalue weighted by atomic mass is 9.92. The molecule has 0 amide bonds. The number of methoxy groups -OCH3 is 1. The highest BCUT2D eigenvalue weighted by Crippen LogP contribution is 2.44. The van der Waals surface area contributed by atoms with Crippen LogP contribution in [0.25, 0.3) is 33.3 Å². The molecule has 0 atom stereocenters. The number of fused-ring (bicyclic) bond motifs is 1. The zero-order valence-corrected chi connectivity index (χ0v) is 18.3. The minimum absolute atomic E-state index is 0.194. The Hall–Kier alpha value is -3.08. The van der Waals surface area contributed by atoms with Crippen molar-refractivity contribution in [3.63, 3.8) is 0 Å². The Morgan fingerprint density at radius 2 is 1.45 bits per heavy atom. The summed E-state index contributed by atoms with van der Waals surface area (Å²) in [5.74, 6) is -0.942. The van der Waals surface area contributed by atoms with Gasteiger partial charge in [-0.05, 0) is 17.2 Å². The second-order valence-corrected chi connectivity index (χ2v) is 7.51. The molecular formula is C25H19Cl2NO3. The second kappa shape index (κ2) is 8.96. The number of ether oxygens (including phenoxy) is 1. The molecule has 1 aromatic heterocycles. The molecule has 0 spiro atoms. The molecule has 4 nitrogen and oxygen atoms in total. The van der Waals surface area contributed by atoms with E-state index in [1.165, 1.54) is 7.11 Å². The van der Waals surface area contributed by atoms with Crippen LogP contribution in [-0.2, 0) is 0 Å². The van der Waals surface area contributed by atoms with E-state index in [0.29, 0.717) is 10.9 Å². The SMILES string of the molecule is COc1c(C(=O)CCl)cc2[nH]c(-c3ccccc3)c(-c3ccccc3)c2c1C(=O)CCl. The molecule has 6 heteroatoms. The Morgan fingerprint density at radius 3 is 2.00 bits per heavy atom. The highest BCUT2D eigenvalue weighted by molar-refractivity contribution is 6.35. The Balaban J connectivity index is 2.21. The fourth-order valence-electron chi connectivity index (χ4n) is 3.88. The molecule has 0 saturated heterocycles. The minimum atomic E-state index is -0.332. The number of Topliss-reactive ketones (excluding diaryl/α,β-unsaturated/α-hetero) is 2. The van der Waals surface area contributed by atoms with E-state index in [9.17, 15) is 9.59 Å². The predicted molar refractivity (Wildman–Crippen MR) is 126 cm³/mol. The van der Waals surface area contributed by atoms with Crippen LogP contribution in [0.1, 0.15) is 20.7 Å². The Kier molecular flexibility index (Phi) is 6.12. The molecule has 0 saturated carbocycles. The quantitative estimate of drug-likeness (QED) is 0.263. The van der Waals surface area contributed by atoms with Crippen molar-refractivity contribution in [3.05, 3.63) is 77.9 Å². The van der Waals surface area contributed by atoms with Crippen molar-refractivity contribution in [3.8, 4) is 28.1 Å². The summed E-state index contributed by atoms with van der Waals surface area (Å²) < 4.78 is 5.56. The summed E-state index contributed by atoms with van der Waals surface area (Å²) in [5.41, 5.74) is 4.72. The van der Waals surface area contributed by atoms with Gasteiger partial charge in [-0.2, -0.15) is 0 Å². The Bertz CT molecular complexity index is 1260. The molecule has 0 aliphatic rings. The summed E-state index contributed by atoms with van der Waals surface area (Å²) >= 11 is 11.8. The molecule has 0 radical (unpaired) electrons. The smallest absolute Gasteiger partial charge is 0.182 e. The maximum absolute atomic E-state index is 13.0. The number of benzene rings is 3. The fraction of sp³-hybridized carbons (Fsp3) is 0.120. The van der Waals surface area contributed by atoms with Crippen LogP contribution < -0.4 is 4.74 Å². The molecule has 3 aromatic carbocycles. The van der Waals surface area contributed by atoms with Gasteiger partial charge in [-0.1, -0.05) is 60.7 Å². The van der Waals surface area contributed by atoms with Crippen LogP contribution in [0.15, 0.2) is 66.7 Å². The van der Waals surface area contributed by atoms with Gasteiger partial charge in [0.2, 0.25) is 0 Å². The molecule has 4 rings (SSSR count). The number of carbonyl (C=O) groups is 2. The monoisotopic (exact) mass is 451 g/mol. The Labute approximate surface area is 189 Å². The molecule has 0 unspecified atom stereocenters. The molecule has 31 heavy (non-hydrogen) atoms. The predicted octanol–water partition coefficient (Wildman–Crippen LogP) is 6.35. The van der Waals surface area contributed by atoms with Crippen LogP contribution in [0.4, 0.5) is 0 Å². The topological polar surface area (TPSA) is 59.2 Å². The van der Waals surface area contributed by atoms with Crippen LogP contribution in [0.2, 0.25) is 0 Å². The van der Waals surface area contributed by atoms with E-state index in [1.807, 2.05) is 60.7 Å². The van der Waals surface area contributed by atoms with Crippen molar-refractivity contribution in [2.75, 3.05) is 18.9 Å². The standard InChI is InChI=1S/C25H19Cl2NO3/c1-31-25-17(19(29)13-26)12-18-22(23(25)20(30)14-27)21(15-8-4-2-5-9-15)24(28-18)16-10-6-3-7-11-16/h2-12,28H,13-14H2,1H3. The lowest BCUT2D eigenvalue weighted by Gasteiger charge is -2.14. The minimum Gasteiger partial charge on any atom is -0.495 e. The number of rotatable bonds is 7. The first-order valence-corrected chi connectivity index (χ1v) is 10.7. The maximum atomic E-state index is 13.0. The van der Waals surface area contributed by atoms with Gasteiger partial charge in [-0.3, -0.25) is 9.59 Å². The van der Waals surface area contributed by atoms with Crippen LogP contribution in [0.5, 0.6) is 5.75 Å². The summed E-state index contributed by atoms with van der Waals surface area (Å²) in [6.45, 7) is 0. The van der Waals surface area contributed by atoms with Gasteiger partial charge in [0.15, 0.2) is 11.6 Å². The summed E-state index contributed by atoms with van der Waals surface area (Å²) in [7, 11) is 1.43. The van der Waals surface area contributed by atoms with Crippen LogP contribution in [-0.4, -0.2) is 35.4 Å². The number of alkyl halides is 2. The number of aromatic nitrogens is 1. The number of halogens is 2. The van der Waals surface area contributed by atoms with Crippen LogP contribution in [0, 0.1) is 0 Å². The lowest BCUT2D eigenvalue weighted by molar-refractivity contribution is 0.101. The maximum Gasteiger partial charge on any atom is 0.182 e. The zero-order valence-electron chi connectivity index (χ0n) is 16.7. The van der Waals surface area contributed by atoms with Gasteiger partial charge in [0, 0.05) is 16.5 Å². The van der Waals surface area contributed by atoms with Crippen molar-refractivity contribution >= 4 is 45.7 Å². The van der Waals surface area contributed by atoms with Crippen molar-refractivity contribution in [1.29, 1.82) is 0 Å². The number of hydrogen-bond donors (Lipinski definition) is 1. The van der Waals surface area contributed by atoms with Gasteiger partial charge < -0.3 is 9.72 Å². The number of ketones is 2. The first kappa shape index (κ1) is 21.2. The number of hydrogen-bond acceptors (Lipinski definition) is 3. The normalized spacial score (nSPS) is 10.9. The molecule has 1 heterocycles. The highest BCUT2D eigenvalue weighted by Gasteiger charge is 2.28. The Morgan fingerprint density at radius 1 is 0.871 bits per heavy atom. The number of nitrogens with one attached hydrogen (secondary N) is 1. The number of carbonyl (C=O) groups excluding carboxylic acids is 2. The van der Waals surface area contributed by atoms with Crippen molar-refractivity contribution in [2.45, 2.75) is 0 Å². The summed E-state index contributed by atoms with van der Waals surface area (Å²) in [5, 5.41) is 0.665. The third-order valence-electron chi connectivity index (χ3n) is 5.19. The number of H-pyrrole nitrogens is 1. The average molecular weight is 452 g/mol. The first-order valence-electron chi connectivity index (χ1n) is 9.66. The van der Waals surface area contributed by atoms with E-state index in [2.05, 4.69) is 4.98 Å². The zero-order chi connectivity index (χ0) is 22.0. The molecule has 0 bridgehead atoms. The third-order valence-corrected chi connectivity index (χ3v) is 5.68. The third kappa shape index (κ3) is 3.73. The highest BCUT2D eigenvalue weighted by atomic mass is 35.5. The van der Waals surface area contributed by atoms with E-state index in [4.69, 9.17) is 27.9 Å². The molecule has 156 valence electrons. The molecule has 1 N–H and O–H groups in total. The van der Waals surface area contributed by atoms with Gasteiger partial charge in [-0.25, -0.2) is 0 Å². The van der Waals surface area contributed by atoms with Crippen molar-refractivity contribution in [2.24, 2.45) is 0 Å². The van der Waals surface area contributed by atoms with Gasteiger partial charge >= 0.3 is 0 Å². The van der Waals surface area contributed by atoms with Gasteiger partial charge in [0.05, 0.1) is 35.7 Å². The largest absolute Gasteiger partial charge is 0.495 e. The fourth-order valence-corrected chi connectivity index (χ4v) is 4.16. The van der Waals surface area contributed by atoms with Crippen LogP contribution >= 0.6 is 23.2 Å². The molecule has 0 aliphatic carbocycles. The van der Waals surface area contributed by atoms with Crippen LogP contribution in [0.3, 0.4) is 0 Å². The van der Waals surface area contributed by atoms with Gasteiger partial charge in [-0.15, -0.1) is 23.2 Å². The average Bonchev–Trinajstić information content (AvgIpc) is 3.22. The van der Waals surface area contributed by atoms with E-state index < -0.39 is 0 Å². The molecule has 0 aliphatic heterocycles. The number of aromatic amines is 1. The van der Waals surface area contributed by atoms with E-state index in [-0.39, 0.29) is 40.2 Å². The van der Waals surface area contributed by atoms with E-state index in [1.54, 1.807) is 6.07 Å². The second-order valence-electron chi connectivity index (χ2n) is 6.98. The van der Waals surface area contributed by atoms with Crippen molar-refractivity contribution < 1.29 is 14.3 Å².